The van der Waals surface area contributed by atoms with Crippen molar-refractivity contribution in [2.75, 3.05) is 26.2 Å². The van der Waals surface area contributed by atoms with E-state index >= 15 is 0 Å². The summed E-state index contributed by atoms with van der Waals surface area (Å²) in [4.78, 5) is 6.82. The lowest BCUT2D eigenvalue weighted by Crippen LogP contribution is -2.38. The molecule has 2 heterocycles. The quantitative estimate of drug-likeness (QED) is 0.723. The van der Waals surface area contributed by atoms with Gasteiger partial charge in [0, 0.05) is 38.6 Å². The van der Waals surface area contributed by atoms with Gasteiger partial charge in [0.2, 0.25) is 0 Å². The molecular weight excluding hydrogens is 188 g/mol. The fourth-order valence-electron chi connectivity index (χ4n) is 1.95. The first kappa shape index (κ1) is 10.6. The number of aromatic nitrogens is 2. The highest BCUT2D eigenvalue weighted by atomic mass is 15.2. The van der Waals surface area contributed by atoms with Crippen LogP contribution >= 0.6 is 0 Å². The average molecular weight is 208 g/mol. The summed E-state index contributed by atoms with van der Waals surface area (Å²) in [6, 6.07) is 0. The van der Waals surface area contributed by atoms with Crippen LogP contribution in [-0.2, 0) is 13.1 Å². The van der Waals surface area contributed by atoms with E-state index in [1.807, 2.05) is 6.20 Å². The Morgan fingerprint density at radius 2 is 2.33 bits per heavy atom. The van der Waals surface area contributed by atoms with E-state index in [-0.39, 0.29) is 0 Å². The molecule has 1 aliphatic rings. The average Bonchev–Trinajstić information content (AvgIpc) is 2.71. The maximum atomic E-state index is 4.35. The molecular formula is C11H20N4. The molecule has 4 heteroatoms. The van der Waals surface area contributed by atoms with Gasteiger partial charge in [-0.2, -0.15) is 0 Å². The normalized spacial score (nSPS) is 16.6. The third-order valence-electron chi connectivity index (χ3n) is 2.86. The predicted molar refractivity (Wildman–Crippen MR) is 60.7 cm³/mol. The largest absolute Gasteiger partial charge is 0.333 e. The minimum atomic E-state index is 1.00. The van der Waals surface area contributed by atoms with Crippen LogP contribution in [0.4, 0.5) is 0 Å². The Hall–Kier alpha value is -0.870. The summed E-state index contributed by atoms with van der Waals surface area (Å²) in [5.74, 6) is 1.21. The minimum Gasteiger partial charge on any atom is -0.333 e. The van der Waals surface area contributed by atoms with Gasteiger partial charge in [-0.25, -0.2) is 4.98 Å². The molecule has 0 amide bonds. The van der Waals surface area contributed by atoms with Crippen LogP contribution in [0.15, 0.2) is 12.4 Å². The zero-order chi connectivity index (χ0) is 10.5. The van der Waals surface area contributed by atoms with Gasteiger partial charge < -0.3 is 9.88 Å². The molecule has 0 unspecified atom stereocenters. The van der Waals surface area contributed by atoms with Crippen molar-refractivity contribution in [3.63, 3.8) is 0 Å². The Balaban J connectivity index is 1.73. The number of hydrogen-bond acceptors (Lipinski definition) is 3. The molecule has 0 bridgehead atoms. The second-order valence-electron chi connectivity index (χ2n) is 4.06. The highest BCUT2D eigenvalue weighted by Crippen LogP contribution is 2.08. The molecule has 2 rings (SSSR count). The van der Waals surface area contributed by atoms with Crippen LogP contribution in [0.1, 0.15) is 19.2 Å². The number of fused-ring (bicyclic) bond motifs is 1. The summed E-state index contributed by atoms with van der Waals surface area (Å²) in [5, 5.41) is 3.43. The van der Waals surface area contributed by atoms with E-state index < -0.39 is 0 Å². The van der Waals surface area contributed by atoms with Crippen molar-refractivity contribution in [2.45, 2.75) is 26.4 Å². The Morgan fingerprint density at radius 1 is 1.40 bits per heavy atom. The van der Waals surface area contributed by atoms with Crippen LogP contribution in [0, 0.1) is 0 Å². The highest BCUT2D eigenvalue weighted by molar-refractivity contribution is 4.95. The molecule has 0 saturated carbocycles. The standard InChI is InChI=1S/C11H20N4/c1-2-3-12-4-6-14-8-9-15-7-5-13-11(15)10-14/h5,7,12H,2-4,6,8-10H2,1H3. The van der Waals surface area contributed by atoms with Gasteiger partial charge >= 0.3 is 0 Å². The van der Waals surface area contributed by atoms with E-state index in [1.165, 1.54) is 12.2 Å². The molecule has 15 heavy (non-hydrogen) atoms. The van der Waals surface area contributed by atoms with Crippen molar-refractivity contribution in [1.29, 1.82) is 0 Å². The van der Waals surface area contributed by atoms with Crippen LogP contribution in [-0.4, -0.2) is 40.6 Å². The van der Waals surface area contributed by atoms with Gasteiger partial charge in [-0.1, -0.05) is 6.92 Å². The molecule has 0 spiro atoms. The van der Waals surface area contributed by atoms with E-state index in [2.05, 4.69) is 32.9 Å². The van der Waals surface area contributed by atoms with Gasteiger partial charge in [0.1, 0.15) is 5.82 Å². The van der Waals surface area contributed by atoms with Crippen molar-refractivity contribution in [3.8, 4) is 0 Å². The van der Waals surface area contributed by atoms with E-state index in [0.717, 1.165) is 39.3 Å². The molecule has 1 N–H and O–H groups in total. The predicted octanol–water partition coefficient (Wildman–Crippen LogP) is 0.698. The van der Waals surface area contributed by atoms with Crippen LogP contribution < -0.4 is 5.32 Å². The lowest BCUT2D eigenvalue weighted by molar-refractivity contribution is 0.217. The first-order valence-electron chi connectivity index (χ1n) is 5.83. The number of hydrogen-bond donors (Lipinski definition) is 1. The fourth-order valence-corrected chi connectivity index (χ4v) is 1.95. The zero-order valence-corrected chi connectivity index (χ0v) is 9.45. The van der Waals surface area contributed by atoms with Gasteiger partial charge in [-0.3, -0.25) is 4.90 Å². The summed E-state index contributed by atoms with van der Waals surface area (Å²) >= 11 is 0. The third kappa shape index (κ3) is 2.79. The number of nitrogens with zero attached hydrogens (tertiary/aromatic N) is 3. The molecule has 0 aliphatic carbocycles. The van der Waals surface area contributed by atoms with Gasteiger partial charge in [-0.05, 0) is 13.0 Å². The summed E-state index contributed by atoms with van der Waals surface area (Å²) in [6.45, 7) is 8.79. The van der Waals surface area contributed by atoms with Crippen LogP contribution in [0.25, 0.3) is 0 Å². The molecule has 0 aromatic carbocycles. The Labute approximate surface area is 91.3 Å². The number of nitrogens with one attached hydrogen (secondary N) is 1. The van der Waals surface area contributed by atoms with Crippen molar-refractivity contribution >= 4 is 0 Å². The summed E-state index contributed by atoms with van der Waals surface area (Å²) in [5.41, 5.74) is 0. The minimum absolute atomic E-state index is 1.00. The first-order valence-corrected chi connectivity index (χ1v) is 5.83. The van der Waals surface area contributed by atoms with Gasteiger partial charge in [0.05, 0.1) is 6.54 Å². The maximum absolute atomic E-state index is 4.35. The third-order valence-corrected chi connectivity index (χ3v) is 2.86. The second kappa shape index (κ2) is 5.28. The number of rotatable bonds is 5. The van der Waals surface area contributed by atoms with E-state index in [4.69, 9.17) is 0 Å². The monoisotopic (exact) mass is 208 g/mol. The van der Waals surface area contributed by atoms with Gasteiger partial charge in [0.15, 0.2) is 0 Å². The summed E-state index contributed by atoms with van der Waals surface area (Å²) in [7, 11) is 0. The molecule has 1 aromatic heterocycles. The second-order valence-corrected chi connectivity index (χ2v) is 4.06. The Morgan fingerprint density at radius 3 is 3.20 bits per heavy atom. The topological polar surface area (TPSA) is 33.1 Å². The SMILES string of the molecule is CCCNCCN1CCn2ccnc2C1. The maximum Gasteiger partial charge on any atom is 0.122 e. The Bertz CT molecular complexity index is 295. The van der Waals surface area contributed by atoms with E-state index in [9.17, 15) is 0 Å². The molecule has 1 aliphatic heterocycles. The first-order chi connectivity index (χ1) is 7.40. The van der Waals surface area contributed by atoms with Crippen LogP contribution in [0.2, 0.25) is 0 Å². The molecule has 1 aromatic rings. The lowest BCUT2D eigenvalue weighted by Gasteiger charge is -2.27. The fraction of sp³-hybridized carbons (Fsp3) is 0.727. The van der Waals surface area contributed by atoms with Crippen molar-refractivity contribution in [1.82, 2.24) is 19.8 Å². The number of imidazole rings is 1. The van der Waals surface area contributed by atoms with Crippen LogP contribution in [0.5, 0.6) is 0 Å². The van der Waals surface area contributed by atoms with E-state index in [0.29, 0.717) is 0 Å². The Kier molecular flexibility index (Phi) is 3.75. The molecule has 0 radical (unpaired) electrons. The molecule has 0 saturated heterocycles. The molecule has 84 valence electrons. The van der Waals surface area contributed by atoms with Gasteiger partial charge in [-0.15, -0.1) is 0 Å². The summed E-state index contributed by atoms with van der Waals surface area (Å²) < 4.78 is 2.25. The lowest BCUT2D eigenvalue weighted by atomic mass is 10.3. The van der Waals surface area contributed by atoms with Gasteiger partial charge in [0.25, 0.3) is 0 Å². The van der Waals surface area contributed by atoms with Crippen LogP contribution in [0.3, 0.4) is 0 Å². The van der Waals surface area contributed by atoms with Crippen molar-refractivity contribution in [2.24, 2.45) is 0 Å². The van der Waals surface area contributed by atoms with Crippen molar-refractivity contribution in [3.05, 3.63) is 18.2 Å². The smallest absolute Gasteiger partial charge is 0.122 e. The molecule has 4 nitrogen and oxygen atoms in total. The summed E-state index contributed by atoms with van der Waals surface area (Å²) in [6.07, 6.45) is 5.18. The van der Waals surface area contributed by atoms with E-state index in [1.54, 1.807) is 0 Å². The molecule has 0 atom stereocenters. The van der Waals surface area contributed by atoms with Crippen molar-refractivity contribution < 1.29 is 0 Å². The zero-order valence-electron chi connectivity index (χ0n) is 9.45. The molecule has 0 fully saturated rings. The highest BCUT2D eigenvalue weighted by Gasteiger charge is 2.15.